The van der Waals surface area contributed by atoms with Crippen LogP contribution >= 0.6 is 11.6 Å². The number of halogens is 1. The zero-order valence-corrected chi connectivity index (χ0v) is 12.3. The number of benzene rings is 1. The minimum atomic E-state index is -0.798. The number of nitrogens with zero attached hydrogens (tertiary/aromatic N) is 2. The summed E-state index contributed by atoms with van der Waals surface area (Å²) in [5, 5.41) is 15.6. The molecule has 0 aliphatic rings. The van der Waals surface area contributed by atoms with Gasteiger partial charge >= 0.3 is 0 Å². The van der Waals surface area contributed by atoms with Crippen molar-refractivity contribution in [2.75, 3.05) is 0 Å². The van der Waals surface area contributed by atoms with Gasteiger partial charge in [0.15, 0.2) is 0 Å². The molecule has 0 aliphatic carbocycles. The molecular formula is C15H19ClN2O. The lowest BCUT2D eigenvalue weighted by Gasteiger charge is -2.23. The van der Waals surface area contributed by atoms with Crippen LogP contribution in [0.1, 0.15) is 23.9 Å². The van der Waals surface area contributed by atoms with E-state index in [2.05, 4.69) is 5.10 Å². The number of aliphatic hydroxyl groups is 1. The Morgan fingerprint density at radius 2 is 1.89 bits per heavy atom. The fourth-order valence-corrected chi connectivity index (χ4v) is 2.45. The summed E-state index contributed by atoms with van der Waals surface area (Å²) in [6.45, 7) is 3.81. The fraction of sp³-hybridized carbons (Fsp3) is 0.400. The van der Waals surface area contributed by atoms with Gasteiger partial charge in [-0.05, 0) is 37.6 Å². The molecule has 1 aromatic carbocycles. The number of hydrogen-bond donors (Lipinski definition) is 1. The van der Waals surface area contributed by atoms with E-state index in [9.17, 15) is 5.11 Å². The number of rotatable bonds is 4. The summed E-state index contributed by atoms with van der Waals surface area (Å²) in [6.07, 6.45) is 1.17. The van der Waals surface area contributed by atoms with Gasteiger partial charge in [-0.1, -0.05) is 23.7 Å². The second kappa shape index (κ2) is 5.35. The summed E-state index contributed by atoms with van der Waals surface area (Å²) in [6, 6.07) is 9.61. The summed E-state index contributed by atoms with van der Waals surface area (Å²) < 4.78 is 1.83. The third-order valence-corrected chi connectivity index (χ3v) is 3.41. The minimum absolute atomic E-state index is 0.576. The van der Waals surface area contributed by atoms with Crippen LogP contribution in [0.25, 0.3) is 0 Å². The number of aryl methyl sites for hydroxylation is 2. The fourth-order valence-electron chi connectivity index (χ4n) is 2.32. The van der Waals surface area contributed by atoms with Crippen LogP contribution in [-0.4, -0.2) is 20.5 Å². The Balaban J connectivity index is 2.10. The van der Waals surface area contributed by atoms with E-state index >= 15 is 0 Å². The largest absolute Gasteiger partial charge is 0.389 e. The SMILES string of the molecule is Cc1cc(CC(C)(O)Cc2ccc(Cl)cc2)n(C)n1. The monoisotopic (exact) mass is 278 g/mol. The van der Waals surface area contributed by atoms with Crippen molar-refractivity contribution in [3.63, 3.8) is 0 Å². The molecule has 1 heterocycles. The average Bonchev–Trinajstić information content (AvgIpc) is 2.59. The molecule has 19 heavy (non-hydrogen) atoms. The number of hydrogen-bond acceptors (Lipinski definition) is 2. The quantitative estimate of drug-likeness (QED) is 0.934. The molecule has 0 saturated carbocycles. The highest BCUT2D eigenvalue weighted by Gasteiger charge is 2.23. The molecule has 0 aliphatic heterocycles. The normalized spacial score (nSPS) is 14.4. The Hall–Kier alpha value is -1.32. The zero-order chi connectivity index (χ0) is 14.0. The van der Waals surface area contributed by atoms with Crippen molar-refractivity contribution < 1.29 is 5.11 Å². The first kappa shape index (κ1) is 14.1. The summed E-state index contributed by atoms with van der Waals surface area (Å²) in [5.74, 6) is 0. The lowest BCUT2D eigenvalue weighted by molar-refractivity contribution is 0.0589. The van der Waals surface area contributed by atoms with Crippen LogP contribution in [0.5, 0.6) is 0 Å². The third kappa shape index (κ3) is 3.82. The highest BCUT2D eigenvalue weighted by atomic mass is 35.5. The van der Waals surface area contributed by atoms with Gasteiger partial charge in [-0.3, -0.25) is 4.68 Å². The van der Waals surface area contributed by atoms with Gasteiger partial charge in [0.2, 0.25) is 0 Å². The molecule has 0 radical (unpaired) electrons. The van der Waals surface area contributed by atoms with E-state index in [-0.39, 0.29) is 0 Å². The average molecular weight is 279 g/mol. The Labute approximate surface area is 118 Å². The van der Waals surface area contributed by atoms with Gasteiger partial charge in [0, 0.05) is 30.6 Å². The molecule has 3 nitrogen and oxygen atoms in total. The van der Waals surface area contributed by atoms with Crippen LogP contribution in [0, 0.1) is 6.92 Å². The first-order valence-electron chi connectivity index (χ1n) is 6.32. The maximum atomic E-state index is 10.6. The standard InChI is InChI=1S/C15H19ClN2O/c1-11-8-14(18(3)17-11)10-15(2,19)9-12-4-6-13(16)7-5-12/h4-8,19H,9-10H2,1-3H3. The summed E-state index contributed by atoms with van der Waals surface area (Å²) in [4.78, 5) is 0. The van der Waals surface area contributed by atoms with Crippen molar-refractivity contribution in [2.24, 2.45) is 7.05 Å². The molecular weight excluding hydrogens is 260 g/mol. The molecule has 0 amide bonds. The molecule has 0 spiro atoms. The highest BCUT2D eigenvalue weighted by molar-refractivity contribution is 6.30. The van der Waals surface area contributed by atoms with Gasteiger partial charge in [0.05, 0.1) is 11.3 Å². The Bertz CT molecular complexity index is 558. The van der Waals surface area contributed by atoms with E-state index in [1.165, 1.54) is 0 Å². The maximum absolute atomic E-state index is 10.6. The predicted molar refractivity (Wildman–Crippen MR) is 77.4 cm³/mol. The van der Waals surface area contributed by atoms with Crippen molar-refractivity contribution >= 4 is 11.6 Å². The highest BCUT2D eigenvalue weighted by Crippen LogP contribution is 2.20. The van der Waals surface area contributed by atoms with Crippen molar-refractivity contribution in [2.45, 2.75) is 32.3 Å². The molecule has 2 rings (SSSR count). The van der Waals surface area contributed by atoms with Crippen LogP contribution in [0.3, 0.4) is 0 Å². The lowest BCUT2D eigenvalue weighted by Crippen LogP contribution is -2.31. The van der Waals surface area contributed by atoms with Crippen molar-refractivity contribution in [3.05, 3.63) is 52.3 Å². The van der Waals surface area contributed by atoms with Gasteiger partial charge < -0.3 is 5.11 Å². The van der Waals surface area contributed by atoms with Gasteiger partial charge in [-0.25, -0.2) is 0 Å². The molecule has 2 aromatic rings. The maximum Gasteiger partial charge on any atom is 0.0715 e. The second-order valence-electron chi connectivity index (χ2n) is 5.38. The molecule has 0 fully saturated rings. The smallest absolute Gasteiger partial charge is 0.0715 e. The van der Waals surface area contributed by atoms with E-state index in [1.807, 2.05) is 55.9 Å². The van der Waals surface area contributed by atoms with Gasteiger partial charge in [-0.15, -0.1) is 0 Å². The van der Waals surface area contributed by atoms with Crippen LogP contribution in [0.15, 0.2) is 30.3 Å². The first-order valence-corrected chi connectivity index (χ1v) is 6.70. The Morgan fingerprint density at radius 1 is 1.26 bits per heavy atom. The Kier molecular flexibility index (Phi) is 3.97. The van der Waals surface area contributed by atoms with Crippen LogP contribution in [0.2, 0.25) is 5.02 Å². The van der Waals surface area contributed by atoms with Crippen LogP contribution in [0.4, 0.5) is 0 Å². The Morgan fingerprint density at radius 3 is 2.42 bits per heavy atom. The van der Waals surface area contributed by atoms with Crippen molar-refractivity contribution in [1.82, 2.24) is 9.78 Å². The van der Waals surface area contributed by atoms with Crippen molar-refractivity contribution in [1.29, 1.82) is 0 Å². The van der Waals surface area contributed by atoms with Crippen LogP contribution < -0.4 is 0 Å². The summed E-state index contributed by atoms with van der Waals surface area (Å²) >= 11 is 5.86. The van der Waals surface area contributed by atoms with E-state index < -0.39 is 5.60 Å². The van der Waals surface area contributed by atoms with Gasteiger partial charge in [-0.2, -0.15) is 5.10 Å². The zero-order valence-electron chi connectivity index (χ0n) is 11.5. The lowest BCUT2D eigenvalue weighted by atomic mass is 9.92. The third-order valence-electron chi connectivity index (χ3n) is 3.16. The molecule has 1 aromatic heterocycles. The molecule has 0 bridgehead atoms. The predicted octanol–water partition coefficient (Wildman–Crippen LogP) is 2.92. The molecule has 0 saturated heterocycles. The number of aromatic nitrogens is 2. The van der Waals surface area contributed by atoms with Gasteiger partial charge in [0.25, 0.3) is 0 Å². The van der Waals surface area contributed by atoms with E-state index in [0.29, 0.717) is 17.9 Å². The minimum Gasteiger partial charge on any atom is -0.389 e. The van der Waals surface area contributed by atoms with E-state index in [0.717, 1.165) is 17.0 Å². The molecule has 102 valence electrons. The molecule has 1 atom stereocenters. The van der Waals surface area contributed by atoms with Gasteiger partial charge in [0.1, 0.15) is 0 Å². The molecule has 1 unspecified atom stereocenters. The summed E-state index contributed by atoms with van der Waals surface area (Å²) in [7, 11) is 1.90. The first-order chi connectivity index (χ1) is 8.85. The van der Waals surface area contributed by atoms with Crippen LogP contribution in [-0.2, 0) is 19.9 Å². The van der Waals surface area contributed by atoms with E-state index in [4.69, 9.17) is 11.6 Å². The second-order valence-corrected chi connectivity index (χ2v) is 5.81. The molecule has 4 heteroatoms. The van der Waals surface area contributed by atoms with E-state index in [1.54, 1.807) is 0 Å². The summed E-state index contributed by atoms with van der Waals surface area (Å²) in [5.41, 5.74) is 2.29. The topological polar surface area (TPSA) is 38.0 Å². The van der Waals surface area contributed by atoms with Crippen molar-refractivity contribution in [3.8, 4) is 0 Å². The molecule has 1 N–H and O–H groups in total.